The van der Waals surface area contributed by atoms with Gasteiger partial charge in [0.15, 0.2) is 5.82 Å². The number of esters is 1. The molecule has 0 aliphatic carbocycles. The first-order chi connectivity index (χ1) is 17.4. The van der Waals surface area contributed by atoms with Crippen molar-refractivity contribution in [3.05, 3.63) is 95.4 Å². The third kappa shape index (κ3) is 3.94. The van der Waals surface area contributed by atoms with Gasteiger partial charge in [-0.2, -0.15) is 5.10 Å². The van der Waals surface area contributed by atoms with Crippen LogP contribution in [0, 0.1) is 25.5 Å². The van der Waals surface area contributed by atoms with E-state index >= 15 is 4.39 Å². The average Bonchev–Trinajstić information content (AvgIpc) is 3.20. The third-order valence-corrected chi connectivity index (χ3v) is 5.93. The molecule has 0 bridgehead atoms. The number of carbonyl (C=O) groups excluding carboxylic acids is 1. The molecule has 5 rings (SSSR count). The highest BCUT2D eigenvalue weighted by Crippen LogP contribution is 2.38. The van der Waals surface area contributed by atoms with Gasteiger partial charge < -0.3 is 10.1 Å². The Bertz CT molecular complexity index is 1630. The molecule has 9 heteroatoms. The first-order valence-electron chi connectivity index (χ1n) is 11.1. The number of nitrogens with one attached hydrogen (secondary N) is 1. The Morgan fingerprint density at radius 1 is 0.972 bits per heavy atom. The average molecular weight is 485 g/mol. The highest BCUT2D eigenvalue weighted by molar-refractivity contribution is 5.97. The molecule has 0 amide bonds. The molecule has 7 nitrogen and oxygen atoms in total. The second-order valence-electron chi connectivity index (χ2n) is 8.15. The fourth-order valence-electron chi connectivity index (χ4n) is 4.17. The highest BCUT2D eigenvalue weighted by atomic mass is 19.1. The Labute approximate surface area is 205 Å². The number of ether oxygens (including phenoxy) is 1. The van der Waals surface area contributed by atoms with Crippen molar-refractivity contribution in [1.82, 2.24) is 19.7 Å². The van der Waals surface area contributed by atoms with Gasteiger partial charge >= 0.3 is 5.97 Å². The lowest BCUT2D eigenvalue weighted by Crippen LogP contribution is -2.09. The van der Waals surface area contributed by atoms with Crippen LogP contribution < -0.4 is 5.32 Å². The number of aryl methyl sites for hydroxylation is 1. The first kappa shape index (κ1) is 23.1. The summed E-state index contributed by atoms with van der Waals surface area (Å²) in [5.74, 6) is -1.04. The van der Waals surface area contributed by atoms with Crippen LogP contribution in [-0.2, 0) is 4.74 Å². The summed E-state index contributed by atoms with van der Waals surface area (Å²) in [6.45, 7) is 3.43. The molecule has 0 saturated heterocycles. The Morgan fingerprint density at radius 3 is 2.56 bits per heavy atom. The van der Waals surface area contributed by atoms with Gasteiger partial charge in [0, 0.05) is 23.5 Å². The van der Waals surface area contributed by atoms with E-state index in [2.05, 4.69) is 20.4 Å². The lowest BCUT2D eigenvalue weighted by Gasteiger charge is -2.16. The molecule has 2 heterocycles. The van der Waals surface area contributed by atoms with Gasteiger partial charge in [0.25, 0.3) is 0 Å². The zero-order chi connectivity index (χ0) is 25.4. The minimum absolute atomic E-state index is 0.151. The van der Waals surface area contributed by atoms with E-state index < -0.39 is 17.6 Å². The molecule has 0 aliphatic heterocycles. The largest absolute Gasteiger partial charge is 0.465 e. The van der Waals surface area contributed by atoms with E-state index in [4.69, 9.17) is 4.74 Å². The molecule has 5 aromatic rings. The minimum Gasteiger partial charge on any atom is -0.465 e. The van der Waals surface area contributed by atoms with Gasteiger partial charge in [-0.3, -0.25) is 4.98 Å². The number of carbonyl (C=O) groups is 1. The number of hydrogen-bond donors (Lipinski definition) is 1. The monoisotopic (exact) mass is 485 g/mol. The number of fused-ring (bicyclic) bond motifs is 1. The van der Waals surface area contributed by atoms with E-state index in [1.54, 1.807) is 61.0 Å². The summed E-state index contributed by atoms with van der Waals surface area (Å²) in [7, 11) is 1.30. The molecule has 180 valence electrons. The van der Waals surface area contributed by atoms with Gasteiger partial charge in [0.05, 0.1) is 35.3 Å². The van der Waals surface area contributed by atoms with E-state index in [-0.39, 0.29) is 5.52 Å². The molecule has 0 unspecified atom stereocenters. The number of methoxy groups -OCH3 is 1. The van der Waals surface area contributed by atoms with Crippen molar-refractivity contribution in [2.45, 2.75) is 13.8 Å². The van der Waals surface area contributed by atoms with Crippen molar-refractivity contribution < 1.29 is 18.3 Å². The fourth-order valence-corrected chi connectivity index (χ4v) is 4.17. The minimum atomic E-state index is -0.536. The Kier molecular flexibility index (Phi) is 5.89. The molecule has 1 N–H and O–H groups in total. The Hall–Kier alpha value is -4.66. The summed E-state index contributed by atoms with van der Waals surface area (Å²) in [6, 6.07) is 14.6. The molecule has 3 aromatic carbocycles. The molecule has 0 fully saturated rings. The predicted molar refractivity (Wildman–Crippen MR) is 133 cm³/mol. The van der Waals surface area contributed by atoms with Gasteiger partial charge in [-0.25, -0.2) is 23.2 Å². The normalized spacial score (nSPS) is 11.0. The zero-order valence-corrected chi connectivity index (χ0v) is 19.7. The van der Waals surface area contributed by atoms with Gasteiger partial charge in [0.2, 0.25) is 0 Å². The summed E-state index contributed by atoms with van der Waals surface area (Å²) in [6.07, 6.45) is 2.92. The number of halogens is 2. The summed E-state index contributed by atoms with van der Waals surface area (Å²) in [5, 5.41) is 7.95. The lowest BCUT2D eigenvalue weighted by molar-refractivity contribution is 0.0602. The number of benzene rings is 3. The smallest absolute Gasteiger partial charge is 0.339 e. The maximum Gasteiger partial charge on any atom is 0.339 e. The fraction of sp³-hybridized carbons (Fsp3) is 0.111. The van der Waals surface area contributed by atoms with Crippen molar-refractivity contribution in [3.63, 3.8) is 0 Å². The SMILES string of the molecule is COC(=O)c1ccccc1Nc1c(-c2cc(F)c3nccnc3c2)c(C)nn1-c1cccc(F)c1C. The topological polar surface area (TPSA) is 81.9 Å². The maximum absolute atomic E-state index is 15.0. The van der Waals surface area contributed by atoms with Crippen LogP contribution in [0.3, 0.4) is 0 Å². The Morgan fingerprint density at radius 2 is 1.75 bits per heavy atom. The zero-order valence-electron chi connectivity index (χ0n) is 19.7. The van der Waals surface area contributed by atoms with Crippen LogP contribution in [-0.4, -0.2) is 32.8 Å². The second kappa shape index (κ2) is 9.18. The van der Waals surface area contributed by atoms with Crippen LogP contribution in [0.2, 0.25) is 0 Å². The number of rotatable bonds is 5. The molecule has 0 aliphatic rings. The standard InChI is InChI=1S/C27H21F2N5O2/c1-15-19(28)8-6-10-23(15)34-26(32-21-9-5-4-7-18(21)27(35)36-3)24(16(2)33-34)17-13-20(29)25-22(14-17)30-11-12-31-25/h4-14,32H,1-3H3. The molecule has 0 atom stereocenters. The van der Waals surface area contributed by atoms with E-state index in [0.29, 0.717) is 50.7 Å². The van der Waals surface area contributed by atoms with Gasteiger partial charge in [-0.15, -0.1) is 0 Å². The summed E-state index contributed by atoms with van der Waals surface area (Å²) in [4.78, 5) is 20.8. The van der Waals surface area contributed by atoms with Crippen molar-refractivity contribution in [1.29, 1.82) is 0 Å². The molecular formula is C27H21F2N5O2. The first-order valence-corrected chi connectivity index (χ1v) is 11.1. The van der Waals surface area contributed by atoms with Crippen molar-refractivity contribution in [2.24, 2.45) is 0 Å². The molecule has 0 saturated carbocycles. The lowest BCUT2D eigenvalue weighted by atomic mass is 10.0. The van der Waals surface area contributed by atoms with Gasteiger partial charge in [-0.1, -0.05) is 18.2 Å². The van der Waals surface area contributed by atoms with Crippen LogP contribution in [0.25, 0.3) is 27.8 Å². The summed E-state index contributed by atoms with van der Waals surface area (Å²) < 4.78 is 36.0. The molecular weight excluding hydrogens is 464 g/mol. The molecule has 2 aromatic heterocycles. The van der Waals surface area contributed by atoms with Gasteiger partial charge in [-0.05, 0) is 55.8 Å². The van der Waals surface area contributed by atoms with E-state index in [1.165, 1.54) is 31.6 Å². The third-order valence-electron chi connectivity index (χ3n) is 5.93. The number of nitrogens with zero attached hydrogens (tertiary/aromatic N) is 4. The highest BCUT2D eigenvalue weighted by Gasteiger charge is 2.23. The van der Waals surface area contributed by atoms with E-state index in [0.717, 1.165) is 0 Å². The second-order valence-corrected chi connectivity index (χ2v) is 8.15. The number of aromatic nitrogens is 4. The van der Waals surface area contributed by atoms with E-state index in [9.17, 15) is 9.18 Å². The van der Waals surface area contributed by atoms with Crippen LogP contribution in [0.1, 0.15) is 21.6 Å². The van der Waals surface area contributed by atoms with Crippen molar-refractivity contribution in [2.75, 3.05) is 12.4 Å². The van der Waals surface area contributed by atoms with Crippen molar-refractivity contribution >= 4 is 28.5 Å². The number of para-hydroxylation sites is 1. The Balaban J connectivity index is 1.78. The van der Waals surface area contributed by atoms with Crippen LogP contribution >= 0.6 is 0 Å². The summed E-state index contributed by atoms with van der Waals surface area (Å²) in [5.41, 5.74) is 3.75. The van der Waals surface area contributed by atoms with Crippen LogP contribution in [0.15, 0.2) is 67.0 Å². The number of anilines is 2. The van der Waals surface area contributed by atoms with Crippen molar-refractivity contribution in [3.8, 4) is 16.8 Å². The maximum atomic E-state index is 15.0. The number of hydrogen-bond acceptors (Lipinski definition) is 6. The molecule has 0 spiro atoms. The van der Waals surface area contributed by atoms with Gasteiger partial charge in [0.1, 0.15) is 17.2 Å². The van der Waals surface area contributed by atoms with E-state index in [1.807, 2.05) is 0 Å². The van der Waals surface area contributed by atoms with Crippen LogP contribution in [0.4, 0.5) is 20.3 Å². The van der Waals surface area contributed by atoms with Crippen LogP contribution in [0.5, 0.6) is 0 Å². The molecule has 0 radical (unpaired) electrons. The predicted octanol–water partition coefficient (Wildman–Crippen LogP) is 5.91. The summed E-state index contributed by atoms with van der Waals surface area (Å²) >= 11 is 0. The quantitative estimate of drug-likeness (QED) is 0.312. The molecule has 36 heavy (non-hydrogen) atoms.